The molecule has 0 aromatic heterocycles. The molecule has 5 nitrogen and oxygen atoms in total. The van der Waals surface area contributed by atoms with E-state index in [0.717, 1.165) is 11.1 Å². The Morgan fingerprint density at radius 1 is 0.970 bits per heavy atom. The Kier molecular flexibility index (Phi) is 6.31. The minimum absolute atomic E-state index is 0.106. The normalized spacial score (nSPS) is 15.9. The van der Waals surface area contributed by atoms with Crippen LogP contribution in [0.3, 0.4) is 0 Å². The summed E-state index contributed by atoms with van der Waals surface area (Å²) < 4.78 is 5.86. The van der Waals surface area contributed by atoms with Crippen LogP contribution in [0.5, 0.6) is 11.5 Å². The molecule has 0 aliphatic carbocycles. The van der Waals surface area contributed by atoms with Crippen LogP contribution in [0.25, 0.3) is 0 Å². The fourth-order valence-corrected chi connectivity index (χ4v) is 4.09. The molecule has 1 amide bonds. The van der Waals surface area contributed by atoms with Crippen LogP contribution in [-0.4, -0.2) is 16.8 Å². The zero-order valence-corrected chi connectivity index (χ0v) is 19.0. The highest BCUT2D eigenvalue weighted by molar-refractivity contribution is 6.16. The van der Waals surface area contributed by atoms with Gasteiger partial charge >= 0.3 is 0 Å². The molecular weight excluding hydrogens is 414 g/mol. The second-order valence-corrected chi connectivity index (χ2v) is 8.68. The van der Waals surface area contributed by atoms with Crippen molar-refractivity contribution in [1.29, 1.82) is 0 Å². The Morgan fingerprint density at radius 2 is 1.64 bits per heavy atom. The first kappa shape index (κ1) is 22.3. The molecule has 0 radical (unpaired) electrons. The molecule has 1 heterocycles. The van der Waals surface area contributed by atoms with E-state index in [1.165, 1.54) is 4.90 Å². The summed E-state index contributed by atoms with van der Waals surface area (Å²) in [5.41, 5.74) is 2.52. The van der Waals surface area contributed by atoms with Crippen molar-refractivity contribution in [2.24, 2.45) is 5.92 Å². The molecule has 0 saturated carbocycles. The van der Waals surface area contributed by atoms with Gasteiger partial charge in [0.05, 0.1) is 11.6 Å². The largest absolute Gasteiger partial charge is 0.503 e. The minimum atomic E-state index is -0.690. The number of benzene rings is 3. The first-order valence-corrected chi connectivity index (χ1v) is 11.0. The molecule has 1 aliphatic heterocycles. The first-order chi connectivity index (χ1) is 15.8. The Balaban J connectivity index is 1.71. The van der Waals surface area contributed by atoms with Gasteiger partial charge in [-0.2, -0.15) is 0 Å². The highest BCUT2D eigenvalue weighted by atomic mass is 16.5. The number of Topliss-reactive ketones (excluding diaryl/α,β-unsaturated/α-hetero) is 1. The van der Waals surface area contributed by atoms with Gasteiger partial charge in [0.1, 0.15) is 11.5 Å². The molecule has 33 heavy (non-hydrogen) atoms. The molecule has 4 rings (SSSR count). The number of hydrogen-bond donors (Lipinski definition) is 1. The number of ether oxygens (including phenoxy) is 1. The summed E-state index contributed by atoms with van der Waals surface area (Å²) in [5, 5.41) is 10.8. The first-order valence-electron chi connectivity index (χ1n) is 11.0. The summed E-state index contributed by atoms with van der Waals surface area (Å²) in [5.74, 6) is 0.170. The molecule has 3 aromatic rings. The topological polar surface area (TPSA) is 66.8 Å². The van der Waals surface area contributed by atoms with E-state index in [4.69, 9.17) is 4.74 Å². The van der Waals surface area contributed by atoms with Gasteiger partial charge in [-0.25, -0.2) is 0 Å². The third-order valence-electron chi connectivity index (χ3n) is 5.55. The predicted molar refractivity (Wildman–Crippen MR) is 128 cm³/mol. The average Bonchev–Trinajstić information content (AvgIpc) is 3.05. The number of carbonyl (C=O) groups excluding carboxylic acids is 2. The van der Waals surface area contributed by atoms with Crippen molar-refractivity contribution in [1.82, 2.24) is 0 Å². The maximum absolute atomic E-state index is 13.2. The Labute approximate surface area is 193 Å². The van der Waals surface area contributed by atoms with E-state index in [9.17, 15) is 14.7 Å². The molecule has 3 aromatic carbocycles. The maximum Gasteiger partial charge on any atom is 0.294 e. The summed E-state index contributed by atoms with van der Waals surface area (Å²) in [7, 11) is 0. The van der Waals surface area contributed by atoms with E-state index in [2.05, 4.69) is 0 Å². The molecule has 0 spiro atoms. The lowest BCUT2D eigenvalue weighted by Crippen LogP contribution is -2.31. The van der Waals surface area contributed by atoms with Crippen LogP contribution in [-0.2, 0) is 9.59 Å². The van der Waals surface area contributed by atoms with E-state index in [1.54, 1.807) is 24.3 Å². The third kappa shape index (κ3) is 4.67. The Morgan fingerprint density at radius 3 is 2.27 bits per heavy atom. The number of para-hydroxylation sites is 1. The van der Waals surface area contributed by atoms with Crippen LogP contribution in [0.15, 0.2) is 90.2 Å². The van der Waals surface area contributed by atoms with Crippen molar-refractivity contribution in [2.45, 2.75) is 33.2 Å². The number of amides is 1. The van der Waals surface area contributed by atoms with Gasteiger partial charge in [0.15, 0.2) is 11.5 Å². The number of hydrogen-bond acceptors (Lipinski definition) is 4. The fraction of sp³-hybridized carbons (Fsp3) is 0.214. The molecule has 168 valence electrons. The van der Waals surface area contributed by atoms with Crippen LogP contribution in [0.1, 0.15) is 37.4 Å². The van der Waals surface area contributed by atoms with Crippen molar-refractivity contribution in [3.63, 3.8) is 0 Å². The van der Waals surface area contributed by atoms with Crippen molar-refractivity contribution in [3.05, 3.63) is 101 Å². The number of aliphatic hydroxyl groups excluding tert-OH is 1. The molecule has 1 unspecified atom stereocenters. The summed E-state index contributed by atoms with van der Waals surface area (Å²) in [6.07, 6.45) is 0.257. The number of aryl methyl sites for hydroxylation is 1. The van der Waals surface area contributed by atoms with Crippen LogP contribution >= 0.6 is 0 Å². The summed E-state index contributed by atoms with van der Waals surface area (Å²) in [4.78, 5) is 27.8. The fourth-order valence-electron chi connectivity index (χ4n) is 4.09. The monoisotopic (exact) mass is 441 g/mol. The number of nitrogens with zero attached hydrogens (tertiary/aromatic N) is 1. The Bertz CT molecular complexity index is 1200. The molecule has 0 saturated heterocycles. The smallest absolute Gasteiger partial charge is 0.294 e. The molecule has 1 atom stereocenters. The molecule has 1 N–H and O–H groups in total. The van der Waals surface area contributed by atoms with Crippen LogP contribution in [0.4, 0.5) is 5.69 Å². The standard InChI is InChI=1S/C28H27NO4/c1-18(2)16-24(30)25-26(20-9-7-8-19(3)17-20)29(28(32)27(25)31)21-12-14-23(15-13-21)33-22-10-5-4-6-11-22/h4-15,17-18,26,31H,16H2,1-3H3. The van der Waals surface area contributed by atoms with Gasteiger partial charge in [-0.1, -0.05) is 61.9 Å². The highest BCUT2D eigenvalue weighted by Gasteiger charge is 2.44. The van der Waals surface area contributed by atoms with Gasteiger partial charge in [0.2, 0.25) is 0 Å². The summed E-state index contributed by atoms with van der Waals surface area (Å²) >= 11 is 0. The number of ketones is 1. The lowest BCUT2D eigenvalue weighted by atomic mass is 9.91. The van der Waals surface area contributed by atoms with Crippen molar-refractivity contribution < 1.29 is 19.4 Å². The van der Waals surface area contributed by atoms with Crippen LogP contribution in [0, 0.1) is 12.8 Å². The Hall–Kier alpha value is -3.86. The SMILES string of the molecule is Cc1cccc(C2C(C(=O)CC(C)C)=C(O)C(=O)N2c2ccc(Oc3ccccc3)cc2)c1. The van der Waals surface area contributed by atoms with E-state index in [-0.39, 0.29) is 23.7 Å². The zero-order valence-electron chi connectivity index (χ0n) is 19.0. The zero-order chi connectivity index (χ0) is 23.5. The molecule has 1 aliphatic rings. The lowest BCUT2D eigenvalue weighted by Gasteiger charge is -2.27. The van der Waals surface area contributed by atoms with Gasteiger partial charge in [-0.3, -0.25) is 14.5 Å². The summed E-state index contributed by atoms with van der Waals surface area (Å²) in [6, 6.07) is 23.5. The van der Waals surface area contributed by atoms with E-state index in [1.807, 2.05) is 75.4 Å². The number of aliphatic hydroxyl groups is 1. The van der Waals surface area contributed by atoms with E-state index < -0.39 is 17.7 Å². The predicted octanol–water partition coefficient (Wildman–Crippen LogP) is 6.30. The second kappa shape index (κ2) is 9.33. The maximum atomic E-state index is 13.2. The van der Waals surface area contributed by atoms with Crippen LogP contribution < -0.4 is 9.64 Å². The second-order valence-electron chi connectivity index (χ2n) is 8.68. The van der Waals surface area contributed by atoms with Gasteiger partial charge in [0.25, 0.3) is 5.91 Å². The molecule has 5 heteroatoms. The van der Waals surface area contributed by atoms with E-state index in [0.29, 0.717) is 17.2 Å². The number of rotatable bonds is 7. The van der Waals surface area contributed by atoms with Gasteiger partial charge < -0.3 is 9.84 Å². The van der Waals surface area contributed by atoms with Gasteiger partial charge in [0, 0.05) is 12.1 Å². The molecule has 0 fully saturated rings. The molecule has 0 bridgehead atoms. The number of anilines is 1. The summed E-state index contributed by atoms with van der Waals surface area (Å²) in [6.45, 7) is 5.84. The quantitative estimate of drug-likeness (QED) is 0.467. The average molecular weight is 442 g/mol. The number of carbonyl (C=O) groups is 2. The third-order valence-corrected chi connectivity index (χ3v) is 5.55. The molecular formula is C28H27NO4. The highest BCUT2D eigenvalue weighted by Crippen LogP contribution is 2.42. The van der Waals surface area contributed by atoms with E-state index >= 15 is 0 Å². The van der Waals surface area contributed by atoms with Gasteiger partial charge in [-0.15, -0.1) is 0 Å². The van der Waals surface area contributed by atoms with Crippen LogP contribution in [0.2, 0.25) is 0 Å². The minimum Gasteiger partial charge on any atom is -0.503 e. The van der Waals surface area contributed by atoms with Crippen molar-refractivity contribution in [2.75, 3.05) is 4.90 Å². The van der Waals surface area contributed by atoms with Gasteiger partial charge in [-0.05, 0) is 54.8 Å². The van der Waals surface area contributed by atoms with Crippen molar-refractivity contribution >= 4 is 17.4 Å². The van der Waals surface area contributed by atoms with Crippen molar-refractivity contribution in [3.8, 4) is 11.5 Å². The lowest BCUT2D eigenvalue weighted by molar-refractivity contribution is -0.118.